The smallest absolute Gasteiger partial charge is 0.241 e. The molecule has 0 amide bonds. The van der Waals surface area contributed by atoms with Crippen LogP contribution in [0.5, 0.6) is 0 Å². The van der Waals surface area contributed by atoms with E-state index < -0.39 is 10.0 Å². The molecule has 0 radical (unpaired) electrons. The van der Waals surface area contributed by atoms with Gasteiger partial charge in [0.25, 0.3) is 0 Å². The SMILES string of the molecule is CCCCC(CN)NS(=O)(=O)c1ccc(Cl)cc1C.Cl. The summed E-state index contributed by atoms with van der Waals surface area (Å²) in [6.45, 7) is 4.08. The monoisotopic (exact) mass is 340 g/mol. The molecular weight excluding hydrogens is 319 g/mol. The van der Waals surface area contributed by atoms with Gasteiger partial charge in [-0.05, 0) is 37.1 Å². The molecule has 0 saturated carbocycles. The number of hydrogen-bond donors (Lipinski definition) is 2. The maximum atomic E-state index is 12.3. The van der Waals surface area contributed by atoms with Crippen LogP contribution in [-0.2, 0) is 10.0 Å². The van der Waals surface area contributed by atoms with Crippen LogP contribution in [0.3, 0.4) is 0 Å². The van der Waals surface area contributed by atoms with E-state index in [2.05, 4.69) is 11.6 Å². The summed E-state index contributed by atoms with van der Waals surface area (Å²) in [6.07, 6.45) is 2.71. The Hall–Kier alpha value is -0.330. The standard InChI is InChI=1S/C13H21ClN2O2S.ClH/c1-3-4-5-12(9-15)16-19(17,18)13-7-6-11(14)8-10(13)2;/h6-8,12,16H,3-5,9,15H2,1-2H3;1H. The van der Waals surface area contributed by atoms with Crippen LogP contribution in [0.4, 0.5) is 0 Å². The van der Waals surface area contributed by atoms with Gasteiger partial charge in [0, 0.05) is 17.6 Å². The zero-order valence-electron chi connectivity index (χ0n) is 11.7. The third-order valence-corrected chi connectivity index (χ3v) is 4.85. The molecule has 0 aliphatic rings. The van der Waals surface area contributed by atoms with Gasteiger partial charge in [0.2, 0.25) is 10.0 Å². The predicted molar refractivity (Wildman–Crippen MR) is 86.1 cm³/mol. The lowest BCUT2D eigenvalue weighted by atomic mass is 10.1. The fraction of sp³-hybridized carbons (Fsp3) is 0.538. The van der Waals surface area contributed by atoms with Gasteiger partial charge in [0.05, 0.1) is 4.90 Å². The first kappa shape index (κ1) is 19.7. The van der Waals surface area contributed by atoms with Crippen molar-refractivity contribution in [1.82, 2.24) is 4.72 Å². The summed E-state index contributed by atoms with van der Waals surface area (Å²) in [5.41, 5.74) is 6.24. The van der Waals surface area contributed by atoms with Gasteiger partial charge in [-0.1, -0.05) is 31.4 Å². The third-order valence-electron chi connectivity index (χ3n) is 2.94. The fourth-order valence-corrected chi connectivity index (χ4v) is 3.61. The quantitative estimate of drug-likeness (QED) is 0.801. The molecule has 0 aliphatic carbocycles. The van der Waals surface area contributed by atoms with Crippen molar-refractivity contribution in [3.05, 3.63) is 28.8 Å². The van der Waals surface area contributed by atoms with Crippen molar-refractivity contribution in [3.63, 3.8) is 0 Å². The Morgan fingerprint density at radius 2 is 2.05 bits per heavy atom. The van der Waals surface area contributed by atoms with Crippen molar-refractivity contribution in [2.24, 2.45) is 5.73 Å². The Morgan fingerprint density at radius 3 is 2.55 bits per heavy atom. The summed E-state index contributed by atoms with van der Waals surface area (Å²) in [5.74, 6) is 0. The van der Waals surface area contributed by atoms with Gasteiger partial charge in [-0.3, -0.25) is 0 Å². The first-order valence-electron chi connectivity index (χ1n) is 6.39. The van der Waals surface area contributed by atoms with E-state index >= 15 is 0 Å². The number of sulfonamides is 1. The predicted octanol–water partition coefficient (Wildman–Crippen LogP) is 2.87. The zero-order valence-corrected chi connectivity index (χ0v) is 14.1. The molecule has 1 aromatic carbocycles. The molecule has 0 spiro atoms. The van der Waals surface area contributed by atoms with Gasteiger partial charge >= 0.3 is 0 Å². The maximum Gasteiger partial charge on any atom is 0.241 e. The van der Waals surface area contributed by atoms with E-state index in [1.54, 1.807) is 19.1 Å². The molecule has 0 heterocycles. The lowest BCUT2D eigenvalue weighted by Crippen LogP contribution is -2.40. The van der Waals surface area contributed by atoms with Crippen LogP contribution >= 0.6 is 24.0 Å². The lowest BCUT2D eigenvalue weighted by molar-refractivity contribution is 0.516. The van der Waals surface area contributed by atoms with Crippen molar-refractivity contribution in [1.29, 1.82) is 0 Å². The van der Waals surface area contributed by atoms with Gasteiger partial charge in [-0.2, -0.15) is 0 Å². The maximum absolute atomic E-state index is 12.3. The van der Waals surface area contributed by atoms with Crippen molar-refractivity contribution in [2.75, 3.05) is 6.54 Å². The molecule has 1 unspecified atom stereocenters. The molecule has 0 saturated heterocycles. The number of benzene rings is 1. The van der Waals surface area contributed by atoms with E-state index in [9.17, 15) is 8.42 Å². The molecule has 1 rings (SSSR count). The van der Waals surface area contributed by atoms with Crippen LogP contribution in [0.25, 0.3) is 0 Å². The summed E-state index contributed by atoms with van der Waals surface area (Å²) in [4.78, 5) is 0.256. The van der Waals surface area contributed by atoms with Crippen molar-refractivity contribution in [2.45, 2.75) is 44.0 Å². The second-order valence-corrected chi connectivity index (χ2v) is 6.72. The number of nitrogens with two attached hydrogens (primary N) is 1. The van der Waals surface area contributed by atoms with Crippen molar-refractivity contribution in [3.8, 4) is 0 Å². The first-order chi connectivity index (χ1) is 8.90. The van der Waals surface area contributed by atoms with Crippen molar-refractivity contribution < 1.29 is 8.42 Å². The van der Waals surface area contributed by atoms with Gasteiger partial charge in [0.1, 0.15) is 0 Å². The Labute approximate surface area is 132 Å². The average Bonchev–Trinajstić information content (AvgIpc) is 2.33. The Bertz CT molecular complexity index is 521. The van der Waals surface area contributed by atoms with E-state index in [0.717, 1.165) is 19.3 Å². The number of aryl methyl sites for hydroxylation is 1. The number of rotatable bonds is 7. The van der Waals surface area contributed by atoms with E-state index in [4.69, 9.17) is 17.3 Å². The highest BCUT2D eigenvalue weighted by Crippen LogP contribution is 2.20. The van der Waals surface area contributed by atoms with Gasteiger partial charge in [-0.15, -0.1) is 12.4 Å². The summed E-state index contributed by atoms with van der Waals surface area (Å²) >= 11 is 5.83. The van der Waals surface area contributed by atoms with Crippen LogP contribution in [-0.4, -0.2) is 21.0 Å². The van der Waals surface area contributed by atoms with Gasteiger partial charge in [-0.25, -0.2) is 13.1 Å². The summed E-state index contributed by atoms with van der Waals surface area (Å²) in [7, 11) is -3.54. The molecule has 20 heavy (non-hydrogen) atoms. The minimum absolute atomic E-state index is 0. The van der Waals surface area contributed by atoms with Crippen LogP contribution < -0.4 is 10.5 Å². The minimum Gasteiger partial charge on any atom is -0.329 e. The number of nitrogens with one attached hydrogen (secondary N) is 1. The normalized spacial score (nSPS) is 12.8. The Balaban J connectivity index is 0.00000361. The highest BCUT2D eigenvalue weighted by molar-refractivity contribution is 7.89. The molecule has 1 atom stereocenters. The fourth-order valence-electron chi connectivity index (χ4n) is 1.87. The van der Waals surface area contributed by atoms with Gasteiger partial charge < -0.3 is 5.73 Å². The zero-order chi connectivity index (χ0) is 14.5. The molecule has 3 N–H and O–H groups in total. The molecule has 4 nitrogen and oxygen atoms in total. The molecule has 0 fully saturated rings. The Kier molecular flexibility index (Phi) is 8.70. The van der Waals surface area contributed by atoms with E-state index in [-0.39, 0.29) is 23.3 Å². The Morgan fingerprint density at radius 1 is 1.40 bits per heavy atom. The highest BCUT2D eigenvalue weighted by atomic mass is 35.5. The number of hydrogen-bond acceptors (Lipinski definition) is 3. The molecule has 0 aliphatic heterocycles. The van der Waals surface area contributed by atoms with Crippen LogP contribution in [0.15, 0.2) is 23.1 Å². The van der Waals surface area contributed by atoms with Crippen molar-refractivity contribution >= 4 is 34.0 Å². The lowest BCUT2D eigenvalue weighted by Gasteiger charge is -2.17. The van der Waals surface area contributed by atoms with Gasteiger partial charge in [0.15, 0.2) is 0 Å². The van der Waals surface area contributed by atoms with E-state index in [1.165, 1.54) is 6.07 Å². The molecule has 0 bridgehead atoms. The topological polar surface area (TPSA) is 72.2 Å². The number of unbranched alkanes of at least 4 members (excludes halogenated alkanes) is 1. The van der Waals surface area contributed by atoms with Crippen LogP contribution in [0.2, 0.25) is 5.02 Å². The largest absolute Gasteiger partial charge is 0.329 e. The summed E-state index contributed by atoms with van der Waals surface area (Å²) in [6, 6.07) is 4.51. The van der Waals surface area contributed by atoms with Crippen LogP contribution in [0, 0.1) is 6.92 Å². The molecule has 0 aromatic heterocycles. The van der Waals surface area contributed by atoms with E-state index in [1.807, 2.05) is 0 Å². The molecular formula is C13H22Cl2N2O2S. The summed E-state index contributed by atoms with van der Waals surface area (Å²) < 4.78 is 27.2. The average molecular weight is 341 g/mol. The second-order valence-electron chi connectivity index (χ2n) is 4.61. The molecule has 116 valence electrons. The summed E-state index contributed by atoms with van der Waals surface area (Å²) in [5, 5.41) is 0.526. The molecule has 1 aromatic rings. The highest BCUT2D eigenvalue weighted by Gasteiger charge is 2.20. The van der Waals surface area contributed by atoms with Crippen LogP contribution in [0.1, 0.15) is 31.7 Å². The minimum atomic E-state index is -3.54. The third kappa shape index (κ3) is 5.58. The van der Waals surface area contributed by atoms with E-state index in [0.29, 0.717) is 17.1 Å². The molecule has 7 heteroatoms. The number of halogens is 2. The second kappa shape index (κ2) is 8.85. The first-order valence-corrected chi connectivity index (χ1v) is 8.25.